The van der Waals surface area contributed by atoms with Crippen molar-refractivity contribution in [3.05, 3.63) is 24.4 Å². The van der Waals surface area contributed by atoms with Gasteiger partial charge >= 0.3 is 6.09 Å². The van der Waals surface area contributed by atoms with Gasteiger partial charge in [0, 0.05) is 18.2 Å². The van der Waals surface area contributed by atoms with Gasteiger partial charge in [0.1, 0.15) is 10.6 Å². The summed E-state index contributed by atoms with van der Waals surface area (Å²) >= 11 is 1.21. The van der Waals surface area contributed by atoms with Gasteiger partial charge in [-0.3, -0.25) is 4.79 Å². The predicted octanol–water partition coefficient (Wildman–Crippen LogP) is 3.78. The summed E-state index contributed by atoms with van der Waals surface area (Å²) in [6.45, 7) is 5.53. The van der Waals surface area contributed by atoms with E-state index in [9.17, 15) is 9.59 Å². The number of rotatable bonds is 3. The first-order valence-corrected chi connectivity index (χ1v) is 8.77. The van der Waals surface area contributed by atoms with Gasteiger partial charge in [-0.15, -0.1) is 0 Å². The van der Waals surface area contributed by atoms with Crippen molar-refractivity contribution < 1.29 is 14.3 Å². The van der Waals surface area contributed by atoms with E-state index in [1.54, 1.807) is 6.20 Å². The maximum atomic E-state index is 12.3. The second-order valence-corrected chi connectivity index (χ2v) is 7.81. The molecule has 0 aliphatic heterocycles. The minimum absolute atomic E-state index is 0.0405. The Morgan fingerprint density at radius 2 is 1.91 bits per heavy atom. The number of alkyl carbamates (subject to hydrolysis) is 1. The van der Waals surface area contributed by atoms with E-state index in [4.69, 9.17) is 4.74 Å². The van der Waals surface area contributed by atoms with Crippen LogP contribution in [0.5, 0.6) is 0 Å². The molecular weight excluding hydrogens is 312 g/mol. The Morgan fingerprint density at radius 1 is 1.22 bits per heavy atom. The van der Waals surface area contributed by atoms with E-state index in [-0.39, 0.29) is 23.2 Å². The predicted molar refractivity (Wildman–Crippen MR) is 90.2 cm³/mol. The van der Waals surface area contributed by atoms with Gasteiger partial charge in [-0.2, -0.15) is 0 Å². The molecule has 1 heterocycles. The normalized spacial score (nSPS) is 21.5. The average Bonchev–Trinajstić information content (AvgIpc) is 2.47. The summed E-state index contributed by atoms with van der Waals surface area (Å²) in [5.41, 5.74) is -0.490. The van der Waals surface area contributed by atoms with Crippen LogP contribution in [0.25, 0.3) is 0 Å². The largest absolute Gasteiger partial charge is 0.444 e. The fourth-order valence-electron chi connectivity index (χ4n) is 2.54. The second-order valence-electron chi connectivity index (χ2n) is 6.78. The van der Waals surface area contributed by atoms with Gasteiger partial charge < -0.3 is 10.1 Å². The molecule has 1 saturated carbocycles. The molecule has 0 atom stereocenters. The zero-order chi connectivity index (χ0) is 16.9. The highest BCUT2D eigenvalue weighted by atomic mass is 32.2. The minimum atomic E-state index is -0.490. The first-order valence-electron chi connectivity index (χ1n) is 7.96. The number of hydrogen-bond acceptors (Lipinski definition) is 5. The molecule has 1 aliphatic rings. The highest BCUT2D eigenvalue weighted by Gasteiger charge is 2.28. The molecule has 0 radical (unpaired) electrons. The van der Waals surface area contributed by atoms with Crippen molar-refractivity contribution in [2.45, 2.75) is 63.1 Å². The molecule has 0 spiro atoms. The summed E-state index contributed by atoms with van der Waals surface area (Å²) in [6.07, 6.45) is 4.50. The van der Waals surface area contributed by atoms with Crippen LogP contribution in [-0.2, 0) is 9.53 Å². The molecule has 1 N–H and O–H groups in total. The standard InChI is InChI=1S/C17H24N2O3S/c1-17(2,3)22-16(21)19-13-9-7-12(8-10-13)15(20)23-14-6-4-5-11-18-14/h4-6,11-13H,7-10H2,1-3H3,(H,19,21). The Hall–Kier alpha value is -1.56. The Labute approximate surface area is 141 Å². The summed E-state index contributed by atoms with van der Waals surface area (Å²) in [4.78, 5) is 28.2. The van der Waals surface area contributed by atoms with Crippen LogP contribution in [0, 0.1) is 5.92 Å². The molecule has 126 valence electrons. The van der Waals surface area contributed by atoms with Crippen LogP contribution >= 0.6 is 11.8 Å². The van der Waals surface area contributed by atoms with E-state index < -0.39 is 5.60 Å². The third-order valence-electron chi connectivity index (χ3n) is 3.62. The molecule has 0 unspecified atom stereocenters. The highest BCUT2D eigenvalue weighted by molar-refractivity contribution is 8.13. The van der Waals surface area contributed by atoms with E-state index in [1.807, 2.05) is 39.0 Å². The summed E-state index contributed by atoms with van der Waals surface area (Å²) < 4.78 is 5.26. The first-order chi connectivity index (χ1) is 10.8. The van der Waals surface area contributed by atoms with Crippen LogP contribution < -0.4 is 5.32 Å². The molecular formula is C17H24N2O3S. The Morgan fingerprint density at radius 3 is 2.48 bits per heavy atom. The monoisotopic (exact) mass is 336 g/mol. The Balaban J connectivity index is 1.75. The summed E-state index contributed by atoms with van der Waals surface area (Å²) in [6, 6.07) is 5.65. The van der Waals surface area contributed by atoms with E-state index in [0.717, 1.165) is 30.7 Å². The number of amides is 1. The number of pyridine rings is 1. The highest BCUT2D eigenvalue weighted by Crippen LogP contribution is 2.31. The van der Waals surface area contributed by atoms with Gasteiger partial charge in [0.05, 0.1) is 0 Å². The topological polar surface area (TPSA) is 68.3 Å². The number of carbonyl (C=O) groups excluding carboxylic acids is 2. The molecule has 0 saturated heterocycles. The zero-order valence-electron chi connectivity index (χ0n) is 13.9. The summed E-state index contributed by atoms with van der Waals surface area (Å²) in [7, 11) is 0. The van der Waals surface area contributed by atoms with Gasteiger partial charge in [-0.05, 0) is 70.3 Å². The van der Waals surface area contributed by atoms with E-state index >= 15 is 0 Å². The third kappa shape index (κ3) is 6.22. The maximum Gasteiger partial charge on any atom is 0.407 e. The van der Waals surface area contributed by atoms with Crippen LogP contribution in [0.15, 0.2) is 29.4 Å². The zero-order valence-corrected chi connectivity index (χ0v) is 14.7. The average molecular weight is 336 g/mol. The lowest BCUT2D eigenvalue weighted by molar-refractivity contribution is -0.115. The number of nitrogens with one attached hydrogen (secondary N) is 1. The number of nitrogens with zero attached hydrogens (tertiary/aromatic N) is 1. The van der Waals surface area contributed by atoms with Crippen molar-refractivity contribution in [1.29, 1.82) is 0 Å². The first kappa shape index (κ1) is 17.8. The van der Waals surface area contributed by atoms with E-state index in [0.29, 0.717) is 0 Å². The van der Waals surface area contributed by atoms with Gasteiger partial charge in [0.2, 0.25) is 0 Å². The molecule has 1 aromatic heterocycles. The van der Waals surface area contributed by atoms with Gasteiger partial charge in [-0.25, -0.2) is 9.78 Å². The summed E-state index contributed by atoms with van der Waals surface area (Å²) in [5, 5.41) is 3.80. The molecule has 2 rings (SSSR count). The van der Waals surface area contributed by atoms with E-state index in [1.165, 1.54) is 11.8 Å². The van der Waals surface area contributed by atoms with Crippen LogP contribution in [0.3, 0.4) is 0 Å². The molecule has 5 nitrogen and oxygen atoms in total. The fourth-order valence-corrected chi connectivity index (χ4v) is 3.41. The number of ether oxygens (including phenoxy) is 1. The molecule has 1 aliphatic carbocycles. The van der Waals surface area contributed by atoms with Crippen LogP contribution in [-0.4, -0.2) is 27.8 Å². The van der Waals surface area contributed by atoms with Crippen molar-refractivity contribution >= 4 is 23.0 Å². The van der Waals surface area contributed by atoms with Gasteiger partial charge in [-0.1, -0.05) is 6.07 Å². The summed E-state index contributed by atoms with van der Waals surface area (Å²) in [5.74, 6) is 0.0405. The van der Waals surface area contributed by atoms with Crippen molar-refractivity contribution in [2.75, 3.05) is 0 Å². The molecule has 1 amide bonds. The number of carbonyl (C=O) groups is 2. The van der Waals surface area contributed by atoms with Crippen molar-refractivity contribution in [2.24, 2.45) is 5.92 Å². The molecule has 1 aromatic rings. The molecule has 0 bridgehead atoms. The van der Waals surface area contributed by atoms with Crippen molar-refractivity contribution in [3.63, 3.8) is 0 Å². The lowest BCUT2D eigenvalue weighted by Crippen LogP contribution is -2.41. The Bertz CT molecular complexity index is 535. The smallest absolute Gasteiger partial charge is 0.407 e. The SMILES string of the molecule is CC(C)(C)OC(=O)NC1CCC(C(=O)Sc2ccccn2)CC1. The van der Waals surface area contributed by atoms with Gasteiger partial charge in [0.15, 0.2) is 5.12 Å². The number of aromatic nitrogens is 1. The fraction of sp³-hybridized carbons (Fsp3) is 0.588. The lowest BCUT2D eigenvalue weighted by Gasteiger charge is -2.29. The van der Waals surface area contributed by atoms with Crippen LogP contribution in [0.1, 0.15) is 46.5 Å². The molecule has 1 fully saturated rings. The van der Waals surface area contributed by atoms with Crippen molar-refractivity contribution in [3.8, 4) is 0 Å². The lowest BCUT2D eigenvalue weighted by atomic mass is 9.87. The molecule has 23 heavy (non-hydrogen) atoms. The molecule has 6 heteroatoms. The quantitative estimate of drug-likeness (QED) is 0.851. The Kier molecular flexibility index (Phi) is 6.04. The van der Waals surface area contributed by atoms with Crippen LogP contribution in [0.4, 0.5) is 4.79 Å². The molecule has 0 aromatic carbocycles. The maximum absolute atomic E-state index is 12.3. The van der Waals surface area contributed by atoms with Crippen LogP contribution in [0.2, 0.25) is 0 Å². The second kappa shape index (κ2) is 7.81. The number of hydrogen-bond donors (Lipinski definition) is 1. The van der Waals surface area contributed by atoms with Crippen molar-refractivity contribution in [1.82, 2.24) is 10.3 Å². The number of thioether (sulfide) groups is 1. The van der Waals surface area contributed by atoms with Gasteiger partial charge in [0.25, 0.3) is 0 Å². The minimum Gasteiger partial charge on any atom is -0.444 e. The third-order valence-corrected chi connectivity index (χ3v) is 4.61. The van der Waals surface area contributed by atoms with E-state index in [2.05, 4.69) is 10.3 Å².